The van der Waals surface area contributed by atoms with Crippen molar-refractivity contribution in [3.63, 3.8) is 0 Å². The van der Waals surface area contributed by atoms with E-state index < -0.39 is 5.60 Å². The predicted molar refractivity (Wildman–Crippen MR) is 80.8 cm³/mol. The van der Waals surface area contributed by atoms with Crippen molar-refractivity contribution >= 4 is 12.0 Å². The van der Waals surface area contributed by atoms with Crippen molar-refractivity contribution in [3.8, 4) is 0 Å². The van der Waals surface area contributed by atoms with Gasteiger partial charge in [0.1, 0.15) is 5.60 Å². The fourth-order valence-corrected chi connectivity index (χ4v) is 2.71. The zero-order valence-corrected chi connectivity index (χ0v) is 13.6. The number of carbonyl (C=O) groups is 2. The van der Waals surface area contributed by atoms with Crippen molar-refractivity contribution in [1.82, 2.24) is 10.2 Å². The summed E-state index contributed by atoms with van der Waals surface area (Å²) in [6.45, 7) is 9.83. The molecule has 1 aliphatic heterocycles. The number of amides is 2. The van der Waals surface area contributed by atoms with Crippen LogP contribution in [0, 0.1) is 17.8 Å². The number of carbonyl (C=O) groups excluding carboxylic acids is 2. The van der Waals surface area contributed by atoms with Crippen LogP contribution in [0.25, 0.3) is 0 Å². The first-order valence-electron chi connectivity index (χ1n) is 8.02. The van der Waals surface area contributed by atoms with Gasteiger partial charge < -0.3 is 15.0 Å². The summed E-state index contributed by atoms with van der Waals surface area (Å²) < 4.78 is 5.36. The zero-order valence-electron chi connectivity index (χ0n) is 13.6. The maximum atomic E-state index is 12.1. The topological polar surface area (TPSA) is 58.6 Å². The third-order valence-electron chi connectivity index (χ3n) is 4.33. The molecule has 1 saturated carbocycles. The van der Waals surface area contributed by atoms with Gasteiger partial charge in [-0.1, -0.05) is 6.92 Å². The van der Waals surface area contributed by atoms with Crippen molar-refractivity contribution in [3.05, 3.63) is 0 Å². The highest BCUT2D eigenvalue weighted by molar-refractivity contribution is 5.79. The Bertz CT molecular complexity index is 395. The van der Waals surface area contributed by atoms with Crippen LogP contribution in [0.3, 0.4) is 0 Å². The molecule has 2 unspecified atom stereocenters. The Morgan fingerprint density at radius 3 is 2.29 bits per heavy atom. The van der Waals surface area contributed by atoms with Crippen molar-refractivity contribution in [1.29, 1.82) is 0 Å². The van der Waals surface area contributed by atoms with Gasteiger partial charge in [-0.25, -0.2) is 4.79 Å². The summed E-state index contributed by atoms with van der Waals surface area (Å²) in [5, 5.41) is 3.05. The average Bonchev–Trinajstić information content (AvgIpc) is 3.10. The second-order valence-corrected chi connectivity index (χ2v) is 7.46. The lowest BCUT2D eigenvalue weighted by Gasteiger charge is -2.32. The van der Waals surface area contributed by atoms with E-state index in [2.05, 4.69) is 12.2 Å². The number of ether oxygens (including phenoxy) is 1. The van der Waals surface area contributed by atoms with Crippen LogP contribution in [0.15, 0.2) is 0 Å². The molecule has 1 aliphatic carbocycles. The minimum absolute atomic E-state index is 0.0396. The molecule has 0 radical (unpaired) electrons. The van der Waals surface area contributed by atoms with Gasteiger partial charge in [-0.15, -0.1) is 0 Å². The van der Waals surface area contributed by atoms with E-state index >= 15 is 0 Å². The van der Waals surface area contributed by atoms with E-state index in [0.29, 0.717) is 19.0 Å². The fourth-order valence-electron chi connectivity index (χ4n) is 2.71. The van der Waals surface area contributed by atoms with Crippen LogP contribution >= 0.6 is 0 Å². The summed E-state index contributed by atoms with van der Waals surface area (Å²) in [6.07, 6.45) is 2.42. The molecular formula is C16H28N2O3. The monoisotopic (exact) mass is 296 g/mol. The van der Waals surface area contributed by atoms with Crippen LogP contribution in [-0.4, -0.2) is 42.1 Å². The highest BCUT2D eigenvalue weighted by atomic mass is 16.6. The second kappa shape index (κ2) is 6.24. The maximum absolute atomic E-state index is 12.1. The molecule has 0 bridgehead atoms. The molecule has 2 aliphatic rings. The summed E-state index contributed by atoms with van der Waals surface area (Å²) >= 11 is 0. The van der Waals surface area contributed by atoms with Crippen LogP contribution in [0.1, 0.15) is 47.0 Å². The van der Waals surface area contributed by atoms with Gasteiger partial charge in [-0.05, 0) is 51.9 Å². The van der Waals surface area contributed by atoms with Gasteiger partial charge >= 0.3 is 6.09 Å². The van der Waals surface area contributed by atoms with E-state index in [1.807, 2.05) is 20.8 Å². The SMILES string of the molecule is CC1CC1CNC(=O)C1CCN(C(=O)OC(C)(C)C)CC1. The predicted octanol–water partition coefficient (Wildman–Crippen LogP) is 2.41. The number of nitrogens with zero attached hydrogens (tertiary/aromatic N) is 1. The summed E-state index contributed by atoms with van der Waals surface area (Å²) in [4.78, 5) is 25.8. The summed E-state index contributed by atoms with van der Waals surface area (Å²) in [5.41, 5.74) is -0.466. The molecule has 5 heteroatoms. The molecule has 2 amide bonds. The molecule has 1 N–H and O–H groups in total. The van der Waals surface area contributed by atoms with Crippen LogP contribution < -0.4 is 5.32 Å². The lowest BCUT2D eigenvalue weighted by atomic mass is 9.96. The first-order chi connectivity index (χ1) is 9.76. The Hall–Kier alpha value is -1.26. The molecule has 120 valence electrons. The first kappa shape index (κ1) is 16.1. The molecule has 1 saturated heterocycles. The van der Waals surface area contributed by atoms with Crippen LogP contribution in [0.4, 0.5) is 4.79 Å². The molecule has 5 nitrogen and oxygen atoms in total. The summed E-state index contributed by atoms with van der Waals surface area (Å²) in [6, 6.07) is 0. The van der Waals surface area contributed by atoms with Crippen molar-refractivity contribution in [2.45, 2.75) is 52.6 Å². The van der Waals surface area contributed by atoms with Crippen LogP contribution in [0.5, 0.6) is 0 Å². The Balaban J connectivity index is 1.69. The summed E-state index contributed by atoms with van der Waals surface area (Å²) in [7, 11) is 0. The zero-order chi connectivity index (χ0) is 15.6. The van der Waals surface area contributed by atoms with Crippen LogP contribution in [-0.2, 0) is 9.53 Å². The number of piperidine rings is 1. The fraction of sp³-hybridized carbons (Fsp3) is 0.875. The normalized spacial score (nSPS) is 26.4. The molecule has 2 rings (SSSR count). The molecule has 1 heterocycles. The van der Waals surface area contributed by atoms with Gasteiger partial charge in [0.25, 0.3) is 0 Å². The molecule has 21 heavy (non-hydrogen) atoms. The van der Waals surface area contributed by atoms with Gasteiger partial charge in [0.2, 0.25) is 5.91 Å². The number of nitrogens with one attached hydrogen (secondary N) is 1. The number of likely N-dealkylation sites (tertiary alicyclic amines) is 1. The lowest BCUT2D eigenvalue weighted by molar-refractivity contribution is -0.126. The third kappa shape index (κ3) is 4.90. The van der Waals surface area contributed by atoms with Gasteiger partial charge in [-0.2, -0.15) is 0 Å². The van der Waals surface area contributed by atoms with E-state index in [4.69, 9.17) is 4.74 Å². The quantitative estimate of drug-likeness (QED) is 0.870. The largest absolute Gasteiger partial charge is 0.444 e. The van der Waals surface area contributed by atoms with Gasteiger partial charge in [0.15, 0.2) is 0 Å². The lowest BCUT2D eigenvalue weighted by Crippen LogP contribution is -2.45. The van der Waals surface area contributed by atoms with Gasteiger partial charge in [0, 0.05) is 25.6 Å². The molecule has 2 atom stereocenters. The maximum Gasteiger partial charge on any atom is 0.410 e. The average molecular weight is 296 g/mol. The minimum atomic E-state index is -0.466. The van der Waals surface area contributed by atoms with Crippen molar-refractivity contribution < 1.29 is 14.3 Å². The van der Waals surface area contributed by atoms with Crippen molar-refractivity contribution in [2.75, 3.05) is 19.6 Å². The first-order valence-corrected chi connectivity index (χ1v) is 8.02. The van der Waals surface area contributed by atoms with Gasteiger partial charge in [0.05, 0.1) is 0 Å². The number of hydrogen-bond acceptors (Lipinski definition) is 3. The van der Waals surface area contributed by atoms with Crippen molar-refractivity contribution in [2.24, 2.45) is 17.8 Å². The number of rotatable bonds is 3. The highest BCUT2D eigenvalue weighted by Gasteiger charge is 2.34. The Morgan fingerprint density at radius 1 is 1.24 bits per heavy atom. The molecule has 2 fully saturated rings. The Labute approximate surface area is 127 Å². The smallest absolute Gasteiger partial charge is 0.410 e. The Kier molecular flexibility index (Phi) is 4.79. The van der Waals surface area contributed by atoms with Gasteiger partial charge in [-0.3, -0.25) is 4.79 Å². The standard InChI is InChI=1S/C16H28N2O3/c1-11-9-13(11)10-17-14(19)12-5-7-18(8-6-12)15(20)21-16(2,3)4/h11-13H,5-10H2,1-4H3,(H,17,19). The van der Waals surface area contributed by atoms with E-state index in [-0.39, 0.29) is 17.9 Å². The number of hydrogen-bond donors (Lipinski definition) is 1. The Morgan fingerprint density at radius 2 is 1.81 bits per heavy atom. The molecule has 0 aromatic carbocycles. The molecule has 0 aromatic heterocycles. The highest BCUT2D eigenvalue weighted by Crippen LogP contribution is 2.36. The van der Waals surface area contributed by atoms with Crippen LogP contribution in [0.2, 0.25) is 0 Å². The van der Waals surface area contributed by atoms with E-state index in [1.54, 1.807) is 4.90 Å². The second-order valence-electron chi connectivity index (χ2n) is 7.46. The summed E-state index contributed by atoms with van der Waals surface area (Å²) in [5.74, 6) is 1.63. The molecule has 0 spiro atoms. The van der Waals surface area contributed by atoms with E-state index in [0.717, 1.165) is 25.3 Å². The van der Waals surface area contributed by atoms with E-state index in [9.17, 15) is 9.59 Å². The van der Waals surface area contributed by atoms with E-state index in [1.165, 1.54) is 6.42 Å². The third-order valence-corrected chi connectivity index (χ3v) is 4.33. The molecule has 0 aromatic rings. The molecular weight excluding hydrogens is 268 g/mol. The minimum Gasteiger partial charge on any atom is -0.444 e.